The number of methoxy groups -OCH3 is 2. The Morgan fingerprint density at radius 1 is 1.41 bits per heavy atom. The molecule has 1 N–H and O–H groups in total. The van der Waals surface area contributed by atoms with Gasteiger partial charge in [0.2, 0.25) is 0 Å². The number of H-pyrrole nitrogens is 1. The molecule has 3 rings (SSSR count). The molecule has 1 unspecified atom stereocenters. The summed E-state index contributed by atoms with van der Waals surface area (Å²) in [5.41, 5.74) is 1.20. The molecule has 7 nitrogen and oxygen atoms in total. The average molecular weight is 305 g/mol. The van der Waals surface area contributed by atoms with Gasteiger partial charge in [0.1, 0.15) is 5.82 Å². The third kappa shape index (κ3) is 3.37. The number of nitrogens with zero attached hydrogens (tertiary/aromatic N) is 4. The van der Waals surface area contributed by atoms with Gasteiger partial charge in [0.15, 0.2) is 0 Å². The van der Waals surface area contributed by atoms with Crippen molar-refractivity contribution in [2.75, 3.05) is 27.4 Å². The van der Waals surface area contributed by atoms with Gasteiger partial charge in [0, 0.05) is 51.5 Å². The van der Waals surface area contributed by atoms with Crippen LogP contribution in [0.15, 0.2) is 24.8 Å². The molecule has 1 aliphatic heterocycles. The molecule has 22 heavy (non-hydrogen) atoms. The molecule has 0 aromatic carbocycles. The second-order valence-corrected chi connectivity index (χ2v) is 5.62. The zero-order valence-electron chi connectivity index (χ0n) is 13.1. The van der Waals surface area contributed by atoms with Gasteiger partial charge in [-0.05, 0) is 6.42 Å². The summed E-state index contributed by atoms with van der Waals surface area (Å²) in [7, 11) is 3.48. The van der Waals surface area contributed by atoms with Crippen molar-refractivity contribution in [2.45, 2.75) is 31.7 Å². The van der Waals surface area contributed by atoms with Crippen LogP contribution in [0.4, 0.5) is 0 Å². The first-order valence-electron chi connectivity index (χ1n) is 7.56. The number of aromatic nitrogens is 4. The van der Waals surface area contributed by atoms with Gasteiger partial charge < -0.3 is 14.5 Å². The van der Waals surface area contributed by atoms with Crippen molar-refractivity contribution in [3.63, 3.8) is 0 Å². The number of hydrogen-bond donors (Lipinski definition) is 1. The van der Waals surface area contributed by atoms with Crippen LogP contribution in [-0.4, -0.2) is 58.1 Å². The lowest BCUT2D eigenvalue weighted by Gasteiger charge is -2.21. The summed E-state index contributed by atoms with van der Waals surface area (Å²) in [4.78, 5) is 10.0. The Kier molecular flexibility index (Phi) is 4.87. The Morgan fingerprint density at radius 2 is 2.32 bits per heavy atom. The minimum absolute atomic E-state index is 0.249. The van der Waals surface area contributed by atoms with Gasteiger partial charge in [-0.2, -0.15) is 5.10 Å². The maximum absolute atomic E-state index is 5.55. The molecule has 3 heterocycles. The summed E-state index contributed by atoms with van der Waals surface area (Å²) in [5, 5.41) is 4.38. The Hall–Kier alpha value is -1.70. The van der Waals surface area contributed by atoms with Crippen molar-refractivity contribution in [1.29, 1.82) is 0 Å². The third-order valence-corrected chi connectivity index (χ3v) is 4.13. The number of rotatable bonds is 7. The Bertz CT molecular complexity index is 568. The normalized spacial score (nSPS) is 22.5. The summed E-state index contributed by atoms with van der Waals surface area (Å²) in [5.74, 6) is 1.01. The van der Waals surface area contributed by atoms with E-state index in [9.17, 15) is 0 Å². The fourth-order valence-corrected chi connectivity index (χ4v) is 2.98. The SMILES string of the molecule is COCCn1cc(CN2C[C@H](OC)CC2c2ncc[nH]2)cn1. The van der Waals surface area contributed by atoms with Crippen LogP contribution in [-0.2, 0) is 22.6 Å². The molecule has 0 saturated carbocycles. The van der Waals surface area contributed by atoms with Crippen LogP contribution >= 0.6 is 0 Å². The standard InChI is InChI=1S/C15H23N5O2/c1-21-6-5-20-10-12(8-18-20)9-19-11-13(22-2)7-14(19)15-16-3-4-17-15/h3-4,8,10,13-14H,5-7,9,11H2,1-2H3,(H,16,17)/t13-,14?/m1/s1. The van der Waals surface area contributed by atoms with Gasteiger partial charge in [0.25, 0.3) is 0 Å². The molecule has 7 heteroatoms. The molecule has 1 aliphatic rings. The fraction of sp³-hybridized carbons (Fsp3) is 0.600. The molecule has 1 saturated heterocycles. The first kappa shape index (κ1) is 15.2. The second kappa shape index (κ2) is 7.04. The van der Waals surface area contributed by atoms with Crippen molar-refractivity contribution in [3.05, 3.63) is 36.2 Å². The van der Waals surface area contributed by atoms with Gasteiger partial charge in [-0.15, -0.1) is 0 Å². The van der Waals surface area contributed by atoms with E-state index in [0.717, 1.165) is 31.9 Å². The predicted octanol–water partition coefficient (Wildman–Crippen LogP) is 1.21. The number of likely N-dealkylation sites (tertiary alicyclic amines) is 1. The van der Waals surface area contributed by atoms with Crippen LogP contribution in [0.1, 0.15) is 23.9 Å². The summed E-state index contributed by atoms with van der Waals surface area (Å²) >= 11 is 0. The molecule has 2 aromatic rings. The Morgan fingerprint density at radius 3 is 3.05 bits per heavy atom. The van der Waals surface area contributed by atoms with Gasteiger partial charge in [-0.1, -0.05) is 0 Å². The first-order chi connectivity index (χ1) is 10.8. The quantitative estimate of drug-likeness (QED) is 0.833. The zero-order valence-corrected chi connectivity index (χ0v) is 13.1. The van der Waals surface area contributed by atoms with Gasteiger partial charge in [-0.25, -0.2) is 4.98 Å². The highest BCUT2D eigenvalue weighted by molar-refractivity contribution is 5.08. The molecule has 120 valence electrons. The second-order valence-electron chi connectivity index (χ2n) is 5.62. The maximum Gasteiger partial charge on any atom is 0.123 e. The molecule has 0 radical (unpaired) electrons. The van der Waals surface area contributed by atoms with Crippen LogP contribution in [0.3, 0.4) is 0 Å². The number of hydrogen-bond acceptors (Lipinski definition) is 5. The molecular weight excluding hydrogens is 282 g/mol. The van der Waals surface area contributed by atoms with Crippen molar-refractivity contribution in [1.82, 2.24) is 24.6 Å². The van der Waals surface area contributed by atoms with Gasteiger partial charge in [0.05, 0.1) is 31.5 Å². The molecule has 2 atom stereocenters. The lowest BCUT2D eigenvalue weighted by Crippen LogP contribution is -2.25. The molecule has 0 aliphatic carbocycles. The van der Waals surface area contributed by atoms with Gasteiger partial charge >= 0.3 is 0 Å². The largest absolute Gasteiger partial charge is 0.383 e. The van der Waals surface area contributed by atoms with Crippen molar-refractivity contribution in [3.8, 4) is 0 Å². The van der Waals surface area contributed by atoms with Crippen molar-refractivity contribution >= 4 is 0 Å². The minimum atomic E-state index is 0.249. The van der Waals surface area contributed by atoms with E-state index >= 15 is 0 Å². The molecule has 0 bridgehead atoms. The van der Waals surface area contributed by atoms with Crippen LogP contribution in [0, 0.1) is 0 Å². The molecule has 1 fully saturated rings. The molecular formula is C15H23N5O2. The number of nitrogens with one attached hydrogen (secondary N) is 1. The van der Waals surface area contributed by atoms with Crippen LogP contribution < -0.4 is 0 Å². The minimum Gasteiger partial charge on any atom is -0.383 e. The smallest absolute Gasteiger partial charge is 0.123 e. The molecule has 0 amide bonds. The van der Waals surface area contributed by atoms with E-state index in [0.29, 0.717) is 6.61 Å². The lowest BCUT2D eigenvalue weighted by molar-refractivity contribution is 0.107. The monoisotopic (exact) mass is 305 g/mol. The Labute approximate surface area is 130 Å². The summed E-state index contributed by atoms with van der Waals surface area (Å²) in [6, 6.07) is 0.266. The Balaban J connectivity index is 1.67. The maximum atomic E-state index is 5.55. The predicted molar refractivity (Wildman–Crippen MR) is 81.3 cm³/mol. The van der Waals surface area contributed by atoms with E-state index in [1.54, 1.807) is 20.4 Å². The van der Waals surface area contributed by atoms with E-state index < -0.39 is 0 Å². The first-order valence-corrected chi connectivity index (χ1v) is 7.56. The third-order valence-electron chi connectivity index (χ3n) is 4.13. The molecule has 2 aromatic heterocycles. The van der Waals surface area contributed by atoms with E-state index in [4.69, 9.17) is 9.47 Å². The summed E-state index contributed by atoms with van der Waals surface area (Å²) in [6.07, 6.45) is 8.89. The highest BCUT2D eigenvalue weighted by Gasteiger charge is 2.34. The van der Waals surface area contributed by atoms with E-state index in [-0.39, 0.29) is 12.1 Å². The zero-order chi connectivity index (χ0) is 15.4. The van der Waals surface area contributed by atoms with Crippen molar-refractivity contribution < 1.29 is 9.47 Å². The van der Waals surface area contributed by atoms with E-state index in [2.05, 4.69) is 26.2 Å². The fourth-order valence-electron chi connectivity index (χ4n) is 2.98. The van der Waals surface area contributed by atoms with Crippen LogP contribution in [0.25, 0.3) is 0 Å². The van der Waals surface area contributed by atoms with E-state index in [1.807, 2.05) is 17.1 Å². The topological polar surface area (TPSA) is 68.2 Å². The number of ether oxygens (including phenoxy) is 2. The summed E-state index contributed by atoms with van der Waals surface area (Å²) < 4.78 is 12.5. The van der Waals surface area contributed by atoms with Crippen LogP contribution in [0.5, 0.6) is 0 Å². The number of aromatic amines is 1. The van der Waals surface area contributed by atoms with Gasteiger partial charge in [-0.3, -0.25) is 9.58 Å². The molecule has 0 spiro atoms. The number of imidazole rings is 1. The summed E-state index contributed by atoms with van der Waals surface area (Å²) in [6.45, 7) is 3.20. The van der Waals surface area contributed by atoms with E-state index in [1.165, 1.54) is 5.56 Å². The lowest BCUT2D eigenvalue weighted by atomic mass is 10.2. The van der Waals surface area contributed by atoms with Crippen LogP contribution in [0.2, 0.25) is 0 Å². The van der Waals surface area contributed by atoms with Crippen molar-refractivity contribution in [2.24, 2.45) is 0 Å². The highest BCUT2D eigenvalue weighted by atomic mass is 16.5. The average Bonchev–Trinajstić information content (AvgIpc) is 3.26. The highest BCUT2D eigenvalue weighted by Crippen LogP contribution is 2.32.